The third-order valence-corrected chi connectivity index (χ3v) is 1.79. The maximum Gasteiger partial charge on any atom is 0.170 e. The van der Waals surface area contributed by atoms with Gasteiger partial charge in [-0.05, 0) is 12.8 Å². The number of aromatic nitrogens is 3. The predicted molar refractivity (Wildman–Crippen MR) is 40.7 cm³/mol. The Morgan fingerprint density at radius 3 is 2.91 bits per heavy atom. The quantitative estimate of drug-likeness (QED) is 0.554. The van der Waals surface area contributed by atoms with Crippen LogP contribution < -0.4 is 11.1 Å². The van der Waals surface area contributed by atoms with Crippen molar-refractivity contribution in [2.45, 2.75) is 25.4 Å². The minimum absolute atomic E-state index is 0.498. The molecule has 0 bridgehead atoms. The first kappa shape index (κ1) is 6.60. The molecule has 0 atom stereocenters. The van der Waals surface area contributed by atoms with Crippen LogP contribution in [0.4, 0.5) is 5.82 Å². The van der Waals surface area contributed by atoms with Crippen LogP contribution in [0.1, 0.15) is 18.5 Å². The molecule has 0 spiro atoms. The molecule has 0 saturated heterocycles. The lowest BCUT2D eigenvalue weighted by Gasteiger charge is -1.97. The van der Waals surface area contributed by atoms with Gasteiger partial charge in [0.2, 0.25) is 0 Å². The Labute approximate surface area is 64.4 Å². The summed E-state index contributed by atoms with van der Waals surface area (Å²) in [5, 5.41) is 13.4. The molecule has 1 fully saturated rings. The predicted octanol–water partition coefficient (Wildman–Crippen LogP) is -0.361. The highest BCUT2D eigenvalue weighted by Crippen LogP contribution is 2.19. The van der Waals surface area contributed by atoms with Crippen LogP contribution in [-0.4, -0.2) is 21.5 Å². The molecule has 11 heavy (non-hydrogen) atoms. The number of nitrogen functional groups attached to an aromatic ring is 1. The Kier molecular flexibility index (Phi) is 1.50. The molecule has 5 heteroatoms. The van der Waals surface area contributed by atoms with Crippen molar-refractivity contribution in [2.75, 3.05) is 5.73 Å². The lowest BCUT2D eigenvalue weighted by atomic mass is 10.4. The zero-order valence-electron chi connectivity index (χ0n) is 6.17. The van der Waals surface area contributed by atoms with Gasteiger partial charge in [-0.2, -0.15) is 10.3 Å². The summed E-state index contributed by atoms with van der Waals surface area (Å²) in [4.78, 5) is 0. The normalized spacial score (nSPS) is 17.1. The number of nitrogens with one attached hydrogen (secondary N) is 2. The molecule has 1 aromatic heterocycles. The van der Waals surface area contributed by atoms with E-state index in [1.807, 2.05) is 0 Å². The van der Waals surface area contributed by atoms with Crippen molar-refractivity contribution < 1.29 is 0 Å². The summed E-state index contributed by atoms with van der Waals surface area (Å²) in [6.45, 7) is 0.729. The number of anilines is 1. The van der Waals surface area contributed by atoms with E-state index in [2.05, 4.69) is 20.7 Å². The Bertz CT molecular complexity index is 239. The highest BCUT2D eigenvalue weighted by Gasteiger charge is 2.20. The van der Waals surface area contributed by atoms with Crippen LogP contribution in [0.15, 0.2) is 0 Å². The molecule has 1 heterocycles. The minimum Gasteiger partial charge on any atom is -0.381 e. The molecule has 5 nitrogen and oxygen atoms in total. The summed E-state index contributed by atoms with van der Waals surface area (Å²) in [6, 6.07) is 0.686. The Balaban J connectivity index is 1.89. The van der Waals surface area contributed by atoms with Gasteiger partial charge in [0.1, 0.15) is 5.69 Å². The van der Waals surface area contributed by atoms with Crippen LogP contribution in [0.3, 0.4) is 0 Å². The smallest absolute Gasteiger partial charge is 0.170 e. The highest BCUT2D eigenvalue weighted by atomic mass is 15.4. The fourth-order valence-electron chi connectivity index (χ4n) is 0.920. The van der Waals surface area contributed by atoms with Gasteiger partial charge in [0, 0.05) is 12.6 Å². The lowest BCUT2D eigenvalue weighted by molar-refractivity contribution is 0.673. The molecule has 0 aromatic carbocycles. The third-order valence-electron chi connectivity index (χ3n) is 1.79. The summed E-state index contributed by atoms with van der Waals surface area (Å²) >= 11 is 0. The topological polar surface area (TPSA) is 79.6 Å². The number of rotatable bonds is 3. The Hall–Kier alpha value is -1.10. The molecular formula is C6H11N5. The van der Waals surface area contributed by atoms with Crippen molar-refractivity contribution in [3.8, 4) is 0 Å². The number of nitrogens with two attached hydrogens (primary N) is 1. The van der Waals surface area contributed by atoms with Crippen LogP contribution in [0.25, 0.3) is 0 Å². The summed E-state index contributed by atoms with van der Waals surface area (Å²) in [7, 11) is 0. The van der Waals surface area contributed by atoms with Crippen molar-refractivity contribution >= 4 is 5.82 Å². The number of H-pyrrole nitrogens is 1. The molecule has 2 rings (SSSR count). The number of hydrogen-bond donors (Lipinski definition) is 3. The minimum atomic E-state index is 0.498. The maximum absolute atomic E-state index is 5.50. The second kappa shape index (κ2) is 2.50. The van der Waals surface area contributed by atoms with Crippen molar-refractivity contribution in [1.82, 2.24) is 20.7 Å². The van der Waals surface area contributed by atoms with E-state index in [-0.39, 0.29) is 0 Å². The van der Waals surface area contributed by atoms with Gasteiger partial charge in [-0.25, -0.2) is 0 Å². The van der Waals surface area contributed by atoms with Crippen molar-refractivity contribution in [3.05, 3.63) is 5.69 Å². The first-order chi connectivity index (χ1) is 5.36. The average molecular weight is 153 g/mol. The van der Waals surface area contributed by atoms with E-state index in [0.717, 1.165) is 12.2 Å². The average Bonchev–Trinajstić information content (AvgIpc) is 2.73. The maximum atomic E-state index is 5.50. The van der Waals surface area contributed by atoms with Gasteiger partial charge in [0.15, 0.2) is 5.82 Å². The Morgan fingerprint density at radius 2 is 2.36 bits per heavy atom. The summed E-state index contributed by atoms with van der Waals surface area (Å²) in [5.41, 5.74) is 6.32. The van der Waals surface area contributed by atoms with Gasteiger partial charge in [-0.1, -0.05) is 0 Å². The van der Waals surface area contributed by atoms with E-state index in [1.165, 1.54) is 12.8 Å². The number of nitrogens with zero attached hydrogens (tertiary/aromatic N) is 2. The van der Waals surface area contributed by atoms with Crippen molar-refractivity contribution in [1.29, 1.82) is 0 Å². The van der Waals surface area contributed by atoms with Crippen LogP contribution >= 0.6 is 0 Å². The third kappa shape index (κ3) is 1.48. The van der Waals surface area contributed by atoms with Gasteiger partial charge < -0.3 is 11.1 Å². The summed E-state index contributed by atoms with van der Waals surface area (Å²) in [5.74, 6) is 0.498. The molecule has 1 aliphatic carbocycles. The van der Waals surface area contributed by atoms with E-state index in [0.29, 0.717) is 11.9 Å². The van der Waals surface area contributed by atoms with Crippen molar-refractivity contribution in [3.63, 3.8) is 0 Å². The molecule has 60 valence electrons. The fraction of sp³-hybridized carbons (Fsp3) is 0.667. The molecule has 1 aliphatic rings. The first-order valence-electron chi connectivity index (χ1n) is 3.75. The molecule has 0 radical (unpaired) electrons. The summed E-state index contributed by atoms with van der Waals surface area (Å²) in [6.07, 6.45) is 2.55. The van der Waals surface area contributed by atoms with E-state index in [1.54, 1.807) is 0 Å². The molecule has 1 aromatic rings. The molecular weight excluding hydrogens is 142 g/mol. The largest absolute Gasteiger partial charge is 0.381 e. The van der Waals surface area contributed by atoms with Gasteiger partial charge >= 0.3 is 0 Å². The first-order valence-corrected chi connectivity index (χ1v) is 3.75. The lowest BCUT2D eigenvalue weighted by Crippen LogP contribution is -2.16. The molecule has 0 unspecified atom stereocenters. The van der Waals surface area contributed by atoms with Gasteiger partial charge in [0.25, 0.3) is 0 Å². The SMILES string of the molecule is Nc1n[nH]nc1CNC1CC1. The van der Waals surface area contributed by atoms with E-state index in [4.69, 9.17) is 5.73 Å². The van der Waals surface area contributed by atoms with Crippen LogP contribution in [-0.2, 0) is 6.54 Å². The standard InChI is InChI=1S/C6H11N5/c7-6-5(9-11-10-6)3-8-4-1-2-4/h4,8H,1-3H2,(H3,7,9,10,11). The molecule has 0 amide bonds. The Morgan fingerprint density at radius 1 is 1.55 bits per heavy atom. The zero-order chi connectivity index (χ0) is 7.68. The monoisotopic (exact) mass is 153 g/mol. The molecule has 1 saturated carbocycles. The molecule has 4 N–H and O–H groups in total. The number of aromatic amines is 1. The highest BCUT2D eigenvalue weighted by molar-refractivity contribution is 5.31. The van der Waals surface area contributed by atoms with Gasteiger partial charge in [-0.3, -0.25) is 0 Å². The van der Waals surface area contributed by atoms with E-state index >= 15 is 0 Å². The molecule has 0 aliphatic heterocycles. The zero-order valence-corrected chi connectivity index (χ0v) is 6.17. The van der Waals surface area contributed by atoms with Gasteiger partial charge in [0.05, 0.1) is 0 Å². The van der Waals surface area contributed by atoms with E-state index < -0.39 is 0 Å². The van der Waals surface area contributed by atoms with Crippen LogP contribution in [0, 0.1) is 0 Å². The summed E-state index contributed by atoms with van der Waals surface area (Å²) < 4.78 is 0. The second-order valence-corrected chi connectivity index (χ2v) is 2.81. The van der Waals surface area contributed by atoms with Crippen molar-refractivity contribution in [2.24, 2.45) is 0 Å². The van der Waals surface area contributed by atoms with Gasteiger partial charge in [-0.15, -0.1) is 5.10 Å². The van der Waals surface area contributed by atoms with Crippen LogP contribution in [0.5, 0.6) is 0 Å². The number of hydrogen-bond acceptors (Lipinski definition) is 4. The van der Waals surface area contributed by atoms with E-state index in [9.17, 15) is 0 Å². The van der Waals surface area contributed by atoms with Crippen LogP contribution in [0.2, 0.25) is 0 Å². The second-order valence-electron chi connectivity index (χ2n) is 2.81. The fourth-order valence-corrected chi connectivity index (χ4v) is 0.920.